The van der Waals surface area contributed by atoms with Gasteiger partial charge in [-0.3, -0.25) is 0 Å². The van der Waals surface area contributed by atoms with Gasteiger partial charge in [-0.25, -0.2) is 0 Å². The fourth-order valence-electron chi connectivity index (χ4n) is 1.92. The standard InChI is InChI=1S/C11H15NO2/c1-7-4-9(12-6-7)8-2-3-10(13)11(14)5-8/h2-3,5,7,9,12-14H,4,6H2,1H3/t7-,9-/m1/s1. The second-order valence-corrected chi connectivity index (χ2v) is 4.05. The number of nitrogens with one attached hydrogen (secondary N) is 1. The average molecular weight is 193 g/mol. The minimum absolute atomic E-state index is 0.0381. The van der Waals surface area contributed by atoms with Gasteiger partial charge in [0.15, 0.2) is 11.5 Å². The number of rotatable bonds is 1. The fraction of sp³-hybridized carbons (Fsp3) is 0.455. The molecule has 1 aromatic carbocycles. The van der Waals surface area contributed by atoms with Gasteiger partial charge in [-0.1, -0.05) is 13.0 Å². The summed E-state index contributed by atoms with van der Waals surface area (Å²) < 4.78 is 0. The molecule has 1 saturated heterocycles. The molecule has 1 fully saturated rings. The van der Waals surface area contributed by atoms with Gasteiger partial charge in [-0.05, 0) is 36.6 Å². The largest absolute Gasteiger partial charge is 0.504 e. The highest BCUT2D eigenvalue weighted by Gasteiger charge is 2.22. The normalized spacial score (nSPS) is 26.6. The molecule has 2 atom stereocenters. The second kappa shape index (κ2) is 3.50. The molecule has 0 aliphatic carbocycles. The van der Waals surface area contributed by atoms with Crippen molar-refractivity contribution in [1.29, 1.82) is 0 Å². The van der Waals surface area contributed by atoms with Crippen molar-refractivity contribution in [1.82, 2.24) is 5.32 Å². The van der Waals surface area contributed by atoms with E-state index in [-0.39, 0.29) is 11.5 Å². The van der Waals surface area contributed by atoms with Crippen molar-refractivity contribution in [2.24, 2.45) is 5.92 Å². The molecule has 3 nitrogen and oxygen atoms in total. The highest BCUT2D eigenvalue weighted by Crippen LogP contribution is 2.32. The lowest BCUT2D eigenvalue weighted by Gasteiger charge is -2.11. The summed E-state index contributed by atoms with van der Waals surface area (Å²) in [5.74, 6) is 0.583. The summed E-state index contributed by atoms with van der Waals surface area (Å²) in [5.41, 5.74) is 1.05. The molecule has 0 radical (unpaired) electrons. The third-order valence-corrected chi connectivity index (χ3v) is 2.75. The zero-order chi connectivity index (χ0) is 10.1. The second-order valence-electron chi connectivity index (χ2n) is 4.05. The minimum atomic E-state index is -0.0557. The average Bonchev–Trinajstić information content (AvgIpc) is 2.57. The Morgan fingerprint density at radius 2 is 2.07 bits per heavy atom. The Balaban J connectivity index is 2.20. The molecule has 0 saturated carbocycles. The molecule has 1 aliphatic rings. The first-order valence-corrected chi connectivity index (χ1v) is 4.92. The van der Waals surface area contributed by atoms with Gasteiger partial charge in [-0.15, -0.1) is 0 Å². The van der Waals surface area contributed by atoms with Gasteiger partial charge in [-0.2, -0.15) is 0 Å². The molecule has 3 N–H and O–H groups in total. The smallest absolute Gasteiger partial charge is 0.157 e. The van der Waals surface area contributed by atoms with E-state index < -0.39 is 0 Å². The van der Waals surface area contributed by atoms with Crippen LogP contribution >= 0.6 is 0 Å². The Hall–Kier alpha value is -1.22. The molecular weight excluding hydrogens is 178 g/mol. The molecule has 14 heavy (non-hydrogen) atoms. The predicted octanol–water partition coefficient (Wildman–Crippen LogP) is 1.77. The van der Waals surface area contributed by atoms with E-state index in [1.54, 1.807) is 6.07 Å². The first-order valence-electron chi connectivity index (χ1n) is 4.92. The van der Waals surface area contributed by atoms with E-state index in [9.17, 15) is 5.11 Å². The predicted molar refractivity (Wildman–Crippen MR) is 54.3 cm³/mol. The quantitative estimate of drug-likeness (QED) is 0.596. The van der Waals surface area contributed by atoms with Crippen LogP contribution in [0.25, 0.3) is 0 Å². The first-order chi connectivity index (χ1) is 6.66. The van der Waals surface area contributed by atoms with Crippen LogP contribution in [-0.2, 0) is 0 Å². The van der Waals surface area contributed by atoms with E-state index in [1.807, 2.05) is 6.07 Å². The van der Waals surface area contributed by atoms with Crippen molar-refractivity contribution in [3.63, 3.8) is 0 Å². The molecule has 0 spiro atoms. The maximum Gasteiger partial charge on any atom is 0.157 e. The molecule has 1 heterocycles. The van der Waals surface area contributed by atoms with Gasteiger partial charge in [0.05, 0.1) is 0 Å². The lowest BCUT2D eigenvalue weighted by Crippen LogP contribution is -2.13. The summed E-state index contributed by atoms with van der Waals surface area (Å²) in [4.78, 5) is 0. The van der Waals surface area contributed by atoms with Crippen LogP contribution in [0.2, 0.25) is 0 Å². The van der Waals surface area contributed by atoms with E-state index in [0.717, 1.165) is 18.5 Å². The summed E-state index contributed by atoms with van der Waals surface area (Å²) in [6.45, 7) is 3.22. The van der Waals surface area contributed by atoms with Crippen LogP contribution in [0.1, 0.15) is 24.9 Å². The van der Waals surface area contributed by atoms with Crippen LogP contribution in [0, 0.1) is 5.92 Å². The van der Waals surface area contributed by atoms with Gasteiger partial charge < -0.3 is 15.5 Å². The third-order valence-electron chi connectivity index (χ3n) is 2.75. The van der Waals surface area contributed by atoms with E-state index in [1.165, 1.54) is 6.07 Å². The number of hydrogen-bond acceptors (Lipinski definition) is 3. The summed E-state index contributed by atoms with van der Waals surface area (Å²) in [5, 5.41) is 21.9. The van der Waals surface area contributed by atoms with Crippen molar-refractivity contribution in [2.45, 2.75) is 19.4 Å². The Labute approximate surface area is 83.4 Å². The van der Waals surface area contributed by atoms with Crippen LogP contribution in [0.5, 0.6) is 11.5 Å². The SMILES string of the molecule is C[C@H]1CN[C@@H](c2ccc(O)c(O)c2)C1. The highest BCUT2D eigenvalue weighted by molar-refractivity contribution is 5.41. The molecule has 0 unspecified atom stereocenters. The monoisotopic (exact) mass is 193 g/mol. The van der Waals surface area contributed by atoms with E-state index in [4.69, 9.17) is 5.11 Å². The Kier molecular flexibility index (Phi) is 2.33. The maximum absolute atomic E-state index is 9.35. The van der Waals surface area contributed by atoms with Crippen molar-refractivity contribution >= 4 is 0 Å². The zero-order valence-corrected chi connectivity index (χ0v) is 8.20. The molecule has 3 heteroatoms. The van der Waals surface area contributed by atoms with Crippen LogP contribution in [0.3, 0.4) is 0 Å². The van der Waals surface area contributed by atoms with Gasteiger partial charge >= 0.3 is 0 Å². The molecule has 76 valence electrons. The van der Waals surface area contributed by atoms with Crippen molar-refractivity contribution in [3.05, 3.63) is 23.8 Å². The number of aromatic hydroxyl groups is 2. The van der Waals surface area contributed by atoms with Crippen LogP contribution in [-0.4, -0.2) is 16.8 Å². The van der Waals surface area contributed by atoms with Crippen LogP contribution < -0.4 is 5.32 Å². The topological polar surface area (TPSA) is 52.5 Å². The lowest BCUT2D eigenvalue weighted by atomic mass is 10.0. The summed E-state index contributed by atoms with van der Waals surface area (Å²) in [6.07, 6.45) is 1.09. The summed E-state index contributed by atoms with van der Waals surface area (Å²) >= 11 is 0. The van der Waals surface area contributed by atoms with Gasteiger partial charge in [0.25, 0.3) is 0 Å². The Bertz CT molecular complexity index is 338. The lowest BCUT2D eigenvalue weighted by molar-refractivity contribution is 0.402. The van der Waals surface area contributed by atoms with E-state index >= 15 is 0 Å². The molecule has 0 bridgehead atoms. The van der Waals surface area contributed by atoms with Crippen LogP contribution in [0.15, 0.2) is 18.2 Å². The zero-order valence-electron chi connectivity index (χ0n) is 8.20. The number of hydrogen-bond donors (Lipinski definition) is 3. The van der Waals surface area contributed by atoms with Gasteiger partial charge in [0.1, 0.15) is 0 Å². The summed E-state index contributed by atoms with van der Waals surface area (Å²) in [7, 11) is 0. The number of phenols is 2. The highest BCUT2D eigenvalue weighted by atomic mass is 16.3. The fourth-order valence-corrected chi connectivity index (χ4v) is 1.92. The molecule has 1 aromatic rings. The van der Waals surface area contributed by atoms with E-state index in [2.05, 4.69) is 12.2 Å². The van der Waals surface area contributed by atoms with Crippen LogP contribution in [0.4, 0.5) is 0 Å². The third kappa shape index (κ3) is 1.68. The van der Waals surface area contributed by atoms with Gasteiger partial charge in [0, 0.05) is 6.04 Å². The molecule has 0 aromatic heterocycles. The summed E-state index contributed by atoms with van der Waals surface area (Å²) in [6, 6.07) is 5.34. The molecule has 0 amide bonds. The Morgan fingerprint density at radius 3 is 2.64 bits per heavy atom. The number of benzene rings is 1. The Morgan fingerprint density at radius 1 is 1.29 bits per heavy atom. The molecule has 1 aliphatic heterocycles. The first kappa shape index (κ1) is 9.34. The van der Waals surface area contributed by atoms with Gasteiger partial charge in [0.2, 0.25) is 0 Å². The van der Waals surface area contributed by atoms with Crippen molar-refractivity contribution in [3.8, 4) is 11.5 Å². The van der Waals surface area contributed by atoms with Crippen molar-refractivity contribution in [2.75, 3.05) is 6.54 Å². The minimum Gasteiger partial charge on any atom is -0.504 e. The maximum atomic E-state index is 9.35. The van der Waals surface area contributed by atoms with Crippen molar-refractivity contribution < 1.29 is 10.2 Å². The molecular formula is C11H15NO2. The van der Waals surface area contributed by atoms with E-state index in [0.29, 0.717) is 12.0 Å². The number of phenolic OH excluding ortho intramolecular Hbond substituents is 2. The molecule has 2 rings (SSSR count).